The molecule has 2 aliphatic carbocycles. The molecule has 3 amide bonds. The molecule has 5 unspecified atom stereocenters. The van der Waals surface area contributed by atoms with Crippen molar-refractivity contribution < 1.29 is 23.9 Å². The highest BCUT2D eigenvalue weighted by molar-refractivity contribution is 6.10. The maximum absolute atomic E-state index is 13.6. The minimum Gasteiger partial charge on any atom is -0.493 e. The number of para-hydroxylation sites is 2. The van der Waals surface area contributed by atoms with Crippen LogP contribution in [0.2, 0.25) is 0 Å². The predicted molar refractivity (Wildman–Crippen MR) is 142 cm³/mol. The van der Waals surface area contributed by atoms with E-state index in [0.29, 0.717) is 22.9 Å². The van der Waals surface area contributed by atoms with Gasteiger partial charge in [-0.05, 0) is 73.1 Å². The van der Waals surface area contributed by atoms with Gasteiger partial charge in [-0.1, -0.05) is 42.5 Å². The molecule has 0 aromatic heterocycles. The van der Waals surface area contributed by atoms with Crippen molar-refractivity contribution in [3.05, 3.63) is 84.4 Å². The lowest BCUT2D eigenvalue weighted by atomic mass is 9.81. The van der Waals surface area contributed by atoms with Crippen LogP contribution in [0.1, 0.15) is 24.8 Å². The third kappa shape index (κ3) is 4.32. The maximum atomic E-state index is 13.6. The third-order valence-electron chi connectivity index (χ3n) is 8.27. The summed E-state index contributed by atoms with van der Waals surface area (Å²) in [4.78, 5) is 42.0. The number of carbonyl (C=O) groups is 3. The number of hydrogen-bond acceptors (Lipinski definition) is 5. The minimum atomic E-state index is -0.910. The lowest BCUT2D eigenvalue weighted by Gasteiger charge is -2.27. The number of ether oxygens (including phenoxy) is 2. The Hall–Kier alpha value is -4.13. The van der Waals surface area contributed by atoms with E-state index in [2.05, 4.69) is 5.32 Å². The van der Waals surface area contributed by atoms with E-state index in [0.717, 1.165) is 24.8 Å². The largest absolute Gasteiger partial charge is 0.493 e. The van der Waals surface area contributed by atoms with Crippen molar-refractivity contribution in [3.8, 4) is 17.2 Å². The summed E-state index contributed by atoms with van der Waals surface area (Å²) < 4.78 is 11.3. The van der Waals surface area contributed by atoms with E-state index in [-0.39, 0.29) is 47.8 Å². The van der Waals surface area contributed by atoms with Crippen molar-refractivity contribution in [2.75, 3.05) is 12.4 Å². The van der Waals surface area contributed by atoms with E-state index >= 15 is 0 Å². The van der Waals surface area contributed by atoms with E-state index < -0.39 is 6.04 Å². The Morgan fingerprint density at radius 3 is 2.11 bits per heavy atom. The molecule has 7 nitrogen and oxygen atoms in total. The number of benzene rings is 3. The molecule has 2 bridgehead atoms. The molecule has 3 aromatic carbocycles. The van der Waals surface area contributed by atoms with Gasteiger partial charge in [-0.15, -0.1) is 0 Å². The molecule has 1 heterocycles. The molecular weight excluding hydrogens is 480 g/mol. The Morgan fingerprint density at radius 1 is 0.868 bits per heavy atom. The number of anilines is 1. The number of likely N-dealkylation sites (tertiary alicyclic amines) is 1. The van der Waals surface area contributed by atoms with Gasteiger partial charge in [0, 0.05) is 12.1 Å². The molecule has 3 aliphatic rings. The average Bonchev–Trinajstić information content (AvgIpc) is 3.63. The summed E-state index contributed by atoms with van der Waals surface area (Å²) in [5.41, 5.74) is 1.45. The molecule has 0 spiro atoms. The summed E-state index contributed by atoms with van der Waals surface area (Å²) in [6, 6.07) is 23.0. The topological polar surface area (TPSA) is 84.9 Å². The number of nitrogens with zero attached hydrogens (tertiary/aromatic N) is 1. The fourth-order valence-corrected chi connectivity index (χ4v) is 6.54. The van der Waals surface area contributed by atoms with Crippen molar-refractivity contribution in [1.82, 2.24) is 4.90 Å². The van der Waals surface area contributed by atoms with Gasteiger partial charge in [-0.3, -0.25) is 19.3 Å². The van der Waals surface area contributed by atoms with Crippen LogP contribution in [0, 0.1) is 23.7 Å². The second-order valence-corrected chi connectivity index (χ2v) is 10.4. The highest BCUT2D eigenvalue weighted by Gasteiger charge is 2.62. The first-order valence-corrected chi connectivity index (χ1v) is 13.2. The molecule has 6 rings (SSSR count). The van der Waals surface area contributed by atoms with Gasteiger partial charge in [-0.25, -0.2) is 0 Å². The molecule has 1 N–H and O–H groups in total. The van der Waals surface area contributed by atoms with Crippen LogP contribution in [0.25, 0.3) is 0 Å². The zero-order valence-corrected chi connectivity index (χ0v) is 21.2. The van der Waals surface area contributed by atoms with E-state index in [4.69, 9.17) is 9.47 Å². The fourth-order valence-electron chi connectivity index (χ4n) is 6.54. The molecule has 3 aromatic rings. The van der Waals surface area contributed by atoms with Crippen molar-refractivity contribution in [2.24, 2.45) is 23.7 Å². The Morgan fingerprint density at radius 2 is 1.47 bits per heavy atom. The van der Waals surface area contributed by atoms with Crippen LogP contribution >= 0.6 is 0 Å². The Labute approximate surface area is 221 Å². The van der Waals surface area contributed by atoms with Crippen LogP contribution in [-0.4, -0.2) is 35.8 Å². The fraction of sp³-hybridized carbons (Fsp3) is 0.323. The Bertz CT molecular complexity index is 1330. The SMILES string of the molecule is COc1ccccc1Oc1ccc(NC(=O)C(Cc2ccccc2)N2C(=O)C3C4CCC(C4)C3C2=O)cc1. The lowest BCUT2D eigenvalue weighted by molar-refractivity contribution is -0.147. The monoisotopic (exact) mass is 510 g/mol. The zero-order chi connectivity index (χ0) is 26.2. The summed E-state index contributed by atoms with van der Waals surface area (Å²) in [5, 5.41) is 2.93. The number of imide groups is 1. The van der Waals surface area contributed by atoms with Gasteiger partial charge >= 0.3 is 0 Å². The maximum Gasteiger partial charge on any atom is 0.248 e. The second kappa shape index (κ2) is 9.97. The van der Waals surface area contributed by atoms with Crippen molar-refractivity contribution in [3.63, 3.8) is 0 Å². The Kier molecular flexibility index (Phi) is 6.35. The van der Waals surface area contributed by atoms with Crippen molar-refractivity contribution >= 4 is 23.4 Å². The normalized spacial score (nSPS) is 24.3. The number of rotatable bonds is 8. The van der Waals surface area contributed by atoms with Crippen LogP contribution in [0.5, 0.6) is 17.2 Å². The first kappa shape index (κ1) is 24.2. The van der Waals surface area contributed by atoms with Gasteiger partial charge in [0.05, 0.1) is 18.9 Å². The average molecular weight is 511 g/mol. The molecule has 2 saturated carbocycles. The van der Waals surface area contributed by atoms with Gasteiger partial charge < -0.3 is 14.8 Å². The third-order valence-corrected chi connectivity index (χ3v) is 8.27. The van der Waals surface area contributed by atoms with Crippen LogP contribution in [0.4, 0.5) is 5.69 Å². The first-order valence-electron chi connectivity index (χ1n) is 13.2. The summed E-state index contributed by atoms with van der Waals surface area (Å²) in [5.74, 6) is 1.06. The van der Waals surface area contributed by atoms with E-state index in [1.54, 1.807) is 31.4 Å². The number of amides is 3. The quantitative estimate of drug-likeness (QED) is 0.428. The van der Waals surface area contributed by atoms with Crippen LogP contribution in [-0.2, 0) is 20.8 Å². The van der Waals surface area contributed by atoms with Crippen molar-refractivity contribution in [2.45, 2.75) is 31.7 Å². The van der Waals surface area contributed by atoms with Crippen molar-refractivity contribution in [1.29, 1.82) is 0 Å². The van der Waals surface area contributed by atoms with Crippen LogP contribution in [0.3, 0.4) is 0 Å². The van der Waals surface area contributed by atoms with Gasteiger partial charge in [0.1, 0.15) is 11.8 Å². The minimum absolute atomic E-state index is 0.177. The molecule has 7 heteroatoms. The number of nitrogens with one attached hydrogen (secondary N) is 1. The molecular formula is C31H30N2O5. The Balaban J connectivity index is 1.22. The number of fused-ring (bicyclic) bond motifs is 5. The summed E-state index contributed by atoms with van der Waals surface area (Å²) >= 11 is 0. The van der Waals surface area contributed by atoms with Crippen LogP contribution in [0.15, 0.2) is 78.9 Å². The smallest absolute Gasteiger partial charge is 0.248 e. The van der Waals surface area contributed by atoms with E-state index in [1.165, 1.54) is 4.90 Å². The second-order valence-electron chi connectivity index (χ2n) is 10.4. The highest BCUT2D eigenvalue weighted by Crippen LogP contribution is 2.56. The first-order chi connectivity index (χ1) is 18.5. The summed E-state index contributed by atoms with van der Waals surface area (Å²) in [6.45, 7) is 0. The van der Waals surface area contributed by atoms with Gasteiger partial charge in [0.15, 0.2) is 11.5 Å². The molecule has 0 radical (unpaired) electrons. The van der Waals surface area contributed by atoms with E-state index in [1.807, 2.05) is 54.6 Å². The van der Waals surface area contributed by atoms with Gasteiger partial charge in [0.2, 0.25) is 17.7 Å². The predicted octanol–water partition coefficient (Wildman–Crippen LogP) is 5.07. The molecule has 5 atom stereocenters. The van der Waals surface area contributed by atoms with E-state index in [9.17, 15) is 14.4 Å². The standard InChI is InChI=1S/C31H30N2O5/c1-37-25-9-5-6-10-26(25)38-23-15-13-22(14-16-23)32-29(34)24(17-19-7-3-2-4-8-19)33-30(35)27-20-11-12-21(18-20)28(27)31(33)36/h2-10,13-16,20-21,24,27-28H,11-12,17-18H2,1H3,(H,32,34). The zero-order valence-electron chi connectivity index (χ0n) is 21.2. The highest BCUT2D eigenvalue weighted by atomic mass is 16.5. The number of hydrogen-bond donors (Lipinski definition) is 1. The number of carbonyl (C=O) groups excluding carboxylic acids is 3. The number of methoxy groups -OCH3 is 1. The molecule has 1 saturated heterocycles. The van der Waals surface area contributed by atoms with Crippen LogP contribution < -0.4 is 14.8 Å². The van der Waals surface area contributed by atoms with Gasteiger partial charge in [-0.2, -0.15) is 0 Å². The molecule has 1 aliphatic heterocycles. The molecule has 38 heavy (non-hydrogen) atoms. The molecule has 3 fully saturated rings. The summed E-state index contributed by atoms with van der Waals surface area (Å²) in [7, 11) is 1.58. The molecule has 194 valence electrons. The summed E-state index contributed by atoms with van der Waals surface area (Å²) in [6.07, 6.45) is 3.22. The lowest BCUT2D eigenvalue weighted by Crippen LogP contribution is -2.49. The van der Waals surface area contributed by atoms with Gasteiger partial charge in [0.25, 0.3) is 0 Å².